The SMILES string of the molecule is CC(C1CC1)n1nccc1NC(=O)CN1CCC(NS(=O)(=O)c2cccs2)CC1. The second kappa shape index (κ2) is 8.55. The Balaban J connectivity index is 1.25. The van der Waals surface area contributed by atoms with Gasteiger partial charge in [0.15, 0.2) is 0 Å². The summed E-state index contributed by atoms with van der Waals surface area (Å²) >= 11 is 1.22. The lowest BCUT2D eigenvalue weighted by molar-refractivity contribution is -0.117. The second-order valence-corrected chi connectivity index (χ2v) is 10.8. The maximum Gasteiger partial charge on any atom is 0.250 e. The fourth-order valence-corrected chi connectivity index (χ4v) is 6.12. The van der Waals surface area contributed by atoms with Crippen molar-refractivity contribution in [2.45, 2.75) is 48.9 Å². The molecule has 1 aliphatic heterocycles. The molecule has 0 radical (unpaired) electrons. The van der Waals surface area contributed by atoms with Gasteiger partial charge in [-0.2, -0.15) is 5.10 Å². The first-order chi connectivity index (χ1) is 13.9. The van der Waals surface area contributed by atoms with E-state index < -0.39 is 10.0 Å². The van der Waals surface area contributed by atoms with E-state index in [1.807, 2.05) is 10.7 Å². The highest BCUT2D eigenvalue weighted by molar-refractivity contribution is 7.91. The predicted octanol–water partition coefficient (Wildman–Crippen LogP) is 2.30. The van der Waals surface area contributed by atoms with Crippen LogP contribution in [-0.4, -0.2) is 54.7 Å². The smallest absolute Gasteiger partial charge is 0.250 e. The first-order valence-corrected chi connectivity index (χ1v) is 12.4. The number of anilines is 1. The van der Waals surface area contributed by atoms with Crippen molar-refractivity contribution in [3.05, 3.63) is 29.8 Å². The molecule has 2 fully saturated rings. The van der Waals surface area contributed by atoms with E-state index in [2.05, 4.69) is 27.0 Å². The molecule has 8 nitrogen and oxygen atoms in total. The van der Waals surface area contributed by atoms with E-state index in [1.165, 1.54) is 24.2 Å². The van der Waals surface area contributed by atoms with Gasteiger partial charge in [0.05, 0.1) is 18.8 Å². The van der Waals surface area contributed by atoms with Gasteiger partial charge in [0.1, 0.15) is 10.0 Å². The Morgan fingerprint density at radius 2 is 2.03 bits per heavy atom. The Morgan fingerprint density at radius 1 is 1.28 bits per heavy atom. The van der Waals surface area contributed by atoms with Gasteiger partial charge in [0.2, 0.25) is 15.9 Å². The summed E-state index contributed by atoms with van der Waals surface area (Å²) < 4.78 is 29.7. The van der Waals surface area contributed by atoms with Crippen LogP contribution in [0, 0.1) is 5.92 Å². The topological polar surface area (TPSA) is 96.3 Å². The zero-order valence-electron chi connectivity index (χ0n) is 16.5. The van der Waals surface area contributed by atoms with Gasteiger partial charge < -0.3 is 5.32 Å². The number of carbonyl (C=O) groups is 1. The molecule has 3 heterocycles. The zero-order valence-corrected chi connectivity index (χ0v) is 18.1. The molecular weight excluding hydrogens is 410 g/mol. The van der Waals surface area contributed by atoms with E-state index in [-0.39, 0.29) is 11.9 Å². The number of hydrogen-bond donors (Lipinski definition) is 2. The lowest BCUT2D eigenvalue weighted by Gasteiger charge is -2.31. The number of thiophene rings is 1. The summed E-state index contributed by atoms with van der Waals surface area (Å²) in [5, 5.41) is 9.10. The number of carbonyl (C=O) groups excluding carboxylic acids is 1. The minimum absolute atomic E-state index is 0.0626. The van der Waals surface area contributed by atoms with Crippen LogP contribution < -0.4 is 10.0 Å². The standard InChI is InChI=1S/C19H27N5O3S2/c1-14(15-4-5-15)24-17(6-9-20-24)21-18(25)13-23-10-7-16(8-11-23)22-29(26,27)19-3-2-12-28-19/h2-3,6,9,12,14-16,22H,4-5,7-8,10-11,13H2,1H3,(H,21,25). The number of amides is 1. The second-order valence-electron chi connectivity index (χ2n) is 7.89. The Bertz CT molecular complexity index is 929. The monoisotopic (exact) mass is 437 g/mol. The minimum Gasteiger partial charge on any atom is -0.310 e. The van der Waals surface area contributed by atoms with Crippen LogP contribution in [0.5, 0.6) is 0 Å². The maximum atomic E-state index is 12.5. The molecule has 1 aliphatic carbocycles. The van der Waals surface area contributed by atoms with Gasteiger partial charge in [0.25, 0.3) is 0 Å². The summed E-state index contributed by atoms with van der Waals surface area (Å²) in [5.41, 5.74) is 0. The van der Waals surface area contributed by atoms with Gasteiger partial charge >= 0.3 is 0 Å². The molecule has 158 valence electrons. The molecule has 2 aromatic heterocycles. The van der Waals surface area contributed by atoms with Crippen molar-refractivity contribution in [2.24, 2.45) is 5.92 Å². The number of sulfonamides is 1. The molecule has 1 saturated heterocycles. The van der Waals surface area contributed by atoms with E-state index in [9.17, 15) is 13.2 Å². The quantitative estimate of drug-likeness (QED) is 0.661. The molecule has 2 N–H and O–H groups in total. The molecule has 10 heteroatoms. The number of nitrogens with zero attached hydrogens (tertiary/aromatic N) is 3. The highest BCUT2D eigenvalue weighted by Gasteiger charge is 2.31. The number of piperidine rings is 1. The van der Waals surface area contributed by atoms with Crippen molar-refractivity contribution >= 4 is 33.1 Å². The summed E-state index contributed by atoms with van der Waals surface area (Å²) in [6, 6.07) is 5.39. The van der Waals surface area contributed by atoms with Crippen LogP contribution in [-0.2, 0) is 14.8 Å². The summed E-state index contributed by atoms with van der Waals surface area (Å²) in [4.78, 5) is 14.6. The first kappa shape index (κ1) is 20.5. The highest BCUT2D eigenvalue weighted by Crippen LogP contribution is 2.40. The fourth-order valence-electron chi connectivity index (χ4n) is 3.80. The van der Waals surface area contributed by atoms with Crippen LogP contribution >= 0.6 is 11.3 Å². The van der Waals surface area contributed by atoms with Crippen molar-refractivity contribution in [3.8, 4) is 0 Å². The third-order valence-corrected chi connectivity index (χ3v) is 8.58. The number of hydrogen-bond acceptors (Lipinski definition) is 6. The molecule has 0 aromatic carbocycles. The number of aromatic nitrogens is 2. The van der Waals surface area contributed by atoms with Crippen LogP contribution in [0.25, 0.3) is 0 Å². The molecule has 4 rings (SSSR count). The van der Waals surface area contributed by atoms with Crippen molar-refractivity contribution < 1.29 is 13.2 Å². The van der Waals surface area contributed by atoms with Crippen LogP contribution in [0.1, 0.15) is 38.6 Å². The Hall–Kier alpha value is -1.75. The van der Waals surface area contributed by atoms with Gasteiger partial charge in [0, 0.05) is 25.2 Å². The van der Waals surface area contributed by atoms with Crippen LogP contribution in [0.15, 0.2) is 34.0 Å². The first-order valence-electron chi connectivity index (χ1n) is 10.0. The van der Waals surface area contributed by atoms with Gasteiger partial charge in [-0.1, -0.05) is 6.07 Å². The van der Waals surface area contributed by atoms with E-state index >= 15 is 0 Å². The summed E-state index contributed by atoms with van der Waals surface area (Å²) in [5.74, 6) is 1.34. The minimum atomic E-state index is -3.45. The molecule has 1 amide bonds. The maximum absolute atomic E-state index is 12.5. The summed E-state index contributed by atoms with van der Waals surface area (Å²) in [7, 11) is -3.45. The van der Waals surface area contributed by atoms with E-state index in [0.29, 0.717) is 48.6 Å². The average Bonchev–Trinajstić information content (AvgIpc) is 3.17. The van der Waals surface area contributed by atoms with Crippen molar-refractivity contribution in [1.82, 2.24) is 19.4 Å². The lowest BCUT2D eigenvalue weighted by atomic mass is 10.1. The van der Waals surface area contributed by atoms with Crippen LogP contribution in [0.2, 0.25) is 0 Å². The Labute approximate surface area is 175 Å². The Kier molecular flexibility index (Phi) is 6.05. The van der Waals surface area contributed by atoms with E-state index in [4.69, 9.17) is 0 Å². The average molecular weight is 438 g/mol. The van der Waals surface area contributed by atoms with Crippen molar-refractivity contribution in [2.75, 3.05) is 25.0 Å². The predicted molar refractivity (Wildman–Crippen MR) is 112 cm³/mol. The van der Waals surface area contributed by atoms with Crippen molar-refractivity contribution in [3.63, 3.8) is 0 Å². The molecule has 1 atom stereocenters. The number of nitrogens with one attached hydrogen (secondary N) is 2. The molecule has 1 unspecified atom stereocenters. The lowest BCUT2D eigenvalue weighted by Crippen LogP contribution is -2.46. The molecule has 1 saturated carbocycles. The van der Waals surface area contributed by atoms with Crippen LogP contribution in [0.4, 0.5) is 5.82 Å². The third kappa shape index (κ3) is 5.06. The van der Waals surface area contributed by atoms with Gasteiger partial charge in [-0.25, -0.2) is 17.8 Å². The molecule has 2 aromatic rings. The largest absolute Gasteiger partial charge is 0.310 e. The van der Waals surface area contributed by atoms with Gasteiger partial charge in [-0.3, -0.25) is 9.69 Å². The normalized spacial score (nSPS) is 19.9. The molecular formula is C19H27N5O3S2. The number of rotatable bonds is 8. The molecule has 29 heavy (non-hydrogen) atoms. The summed E-state index contributed by atoms with van der Waals surface area (Å²) in [6.45, 7) is 3.81. The third-order valence-electron chi connectivity index (χ3n) is 5.66. The highest BCUT2D eigenvalue weighted by atomic mass is 32.2. The zero-order chi connectivity index (χ0) is 20.4. The van der Waals surface area contributed by atoms with Crippen molar-refractivity contribution in [1.29, 1.82) is 0 Å². The van der Waals surface area contributed by atoms with E-state index in [0.717, 1.165) is 5.82 Å². The molecule has 0 bridgehead atoms. The molecule has 2 aliphatic rings. The molecule has 0 spiro atoms. The van der Waals surface area contributed by atoms with Crippen LogP contribution in [0.3, 0.4) is 0 Å². The van der Waals surface area contributed by atoms with Gasteiger partial charge in [-0.05, 0) is 50.0 Å². The summed E-state index contributed by atoms with van der Waals surface area (Å²) in [6.07, 6.45) is 5.54. The fraction of sp³-hybridized carbons (Fsp3) is 0.579. The number of likely N-dealkylation sites (tertiary alicyclic amines) is 1. The van der Waals surface area contributed by atoms with E-state index in [1.54, 1.807) is 23.7 Å². The van der Waals surface area contributed by atoms with Gasteiger partial charge in [-0.15, -0.1) is 11.3 Å². The Morgan fingerprint density at radius 3 is 2.69 bits per heavy atom.